The predicted octanol–water partition coefficient (Wildman–Crippen LogP) is 4.77. The zero-order valence-electron chi connectivity index (χ0n) is 21.2. The Labute approximate surface area is 217 Å². The lowest BCUT2D eigenvalue weighted by atomic mass is 9.75. The van der Waals surface area contributed by atoms with Crippen LogP contribution in [0.1, 0.15) is 73.1 Å². The van der Waals surface area contributed by atoms with Gasteiger partial charge in [0.25, 0.3) is 0 Å². The smallest absolute Gasteiger partial charge is 0.408 e. The molecule has 1 amide bonds. The number of halogens is 1. The van der Waals surface area contributed by atoms with E-state index >= 15 is 0 Å². The minimum atomic E-state index is -0.735. The van der Waals surface area contributed by atoms with Crippen molar-refractivity contribution in [1.82, 2.24) is 5.32 Å². The Bertz CT molecular complexity index is 692. The molecule has 4 aliphatic rings. The molecule has 3 saturated heterocycles. The Morgan fingerprint density at radius 3 is 2.76 bits per heavy atom. The van der Waals surface area contributed by atoms with Gasteiger partial charge in [-0.2, -0.15) is 0 Å². The highest BCUT2D eigenvalue weighted by atomic mass is 127. The number of carbonyl (C=O) groups excluding carboxylic acids is 1. The molecule has 0 aromatic rings. The van der Waals surface area contributed by atoms with Gasteiger partial charge in [0.2, 0.25) is 0 Å². The number of alkyl carbamates (subject to hydrolysis) is 1. The molecule has 3 heterocycles. The molecule has 8 nitrogen and oxygen atoms in total. The number of rotatable bonds is 9. The van der Waals surface area contributed by atoms with Crippen molar-refractivity contribution in [3.05, 3.63) is 0 Å². The Balaban J connectivity index is 1.20. The summed E-state index contributed by atoms with van der Waals surface area (Å²) < 4.78 is 36.2. The van der Waals surface area contributed by atoms with Gasteiger partial charge in [-0.05, 0) is 63.7 Å². The molecule has 34 heavy (non-hydrogen) atoms. The number of unbranched alkanes of at least 4 members (excludes halogenated alkanes) is 1. The fraction of sp³-hybridized carbons (Fsp3) is 0.960. The first-order chi connectivity index (χ1) is 16.1. The maximum absolute atomic E-state index is 11.9. The Morgan fingerprint density at radius 1 is 1.21 bits per heavy atom. The number of fused-ring (bicyclic) bond motifs is 3. The fourth-order valence-corrected chi connectivity index (χ4v) is 6.51. The summed E-state index contributed by atoms with van der Waals surface area (Å²) in [4.78, 5) is 11.9. The Morgan fingerprint density at radius 2 is 2.00 bits per heavy atom. The normalized spacial score (nSPS) is 40.3. The molecule has 0 aromatic carbocycles. The topological polar surface area (TPSA) is 84.5 Å². The average Bonchev–Trinajstić information content (AvgIpc) is 3.15. The van der Waals surface area contributed by atoms with Gasteiger partial charge in [0.15, 0.2) is 18.2 Å². The maximum Gasteiger partial charge on any atom is 0.408 e. The fourth-order valence-electron chi connectivity index (χ4n) is 5.69. The van der Waals surface area contributed by atoms with E-state index in [0.717, 1.165) is 25.2 Å². The van der Waals surface area contributed by atoms with Gasteiger partial charge in [0, 0.05) is 6.61 Å². The predicted molar refractivity (Wildman–Crippen MR) is 135 cm³/mol. The van der Waals surface area contributed by atoms with Crippen LogP contribution in [0.5, 0.6) is 0 Å². The van der Waals surface area contributed by atoms with Gasteiger partial charge < -0.3 is 33.7 Å². The van der Waals surface area contributed by atoms with Gasteiger partial charge >= 0.3 is 6.09 Å². The van der Waals surface area contributed by atoms with E-state index < -0.39 is 24.3 Å². The van der Waals surface area contributed by atoms with Crippen molar-refractivity contribution >= 4 is 28.7 Å². The molecule has 9 heteroatoms. The molecule has 4 fully saturated rings. The van der Waals surface area contributed by atoms with E-state index in [-0.39, 0.29) is 22.4 Å². The van der Waals surface area contributed by atoms with Crippen LogP contribution < -0.4 is 5.32 Å². The van der Waals surface area contributed by atoms with Crippen LogP contribution in [0.25, 0.3) is 0 Å². The van der Waals surface area contributed by atoms with Gasteiger partial charge in [-0.3, -0.25) is 0 Å². The quantitative estimate of drug-likeness (QED) is 0.234. The van der Waals surface area contributed by atoms with Gasteiger partial charge in [-0.25, -0.2) is 4.79 Å². The molecule has 1 N–H and O–H groups in total. The molecule has 196 valence electrons. The highest BCUT2D eigenvalue weighted by Gasteiger charge is 2.56. The lowest BCUT2D eigenvalue weighted by Crippen LogP contribution is -2.65. The number of alkyl halides is 1. The van der Waals surface area contributed by atoms with Crippen LogP contribution in [0.15, 0.2) is 0 Å². The van der Waals surface area contributed by atoms with E-state index in [2.05, 4.69) is 48.7 Å². The molecular weight excluding hydrogens is 553 g/mol. The molecule has 9 atom stereocenters. The van der Waals surface area contributed by atoms with Crippen LogP contribution in [0.3, 0.4) is 0 Å². The largest absolute Gasteiger partial charge is 0.441 e. The summed E-state index contributed by atoms with van der Waals surface area (Å²) in [5.74, 6) is 1.35. The molecule has 0 bridgehead atoms. The lowest BCUT2D eigenvalue weighted by molar-refractivity contribution is -0.363. The molecule has 0 spiro atoms. The average molecular weight is 596 g/mol. The first-order valence-corrected chi connectivity index (χ1v) is 14.2. The molecule has 4 rings (SSSR count). The second-order valence-electron chi connectivity index (χ2n) is 11.2. The third-order valence-electron chi connectivity index (χ3n) is 7.58. The van der Waals surface area contributed by atoms with Gasteiger partial charge in [-0.1, -0.05) is 49.8 Å². The van der Waals surface area contributed by atoms with E-state index in [1.54, 1.807) is 0 Å². The number of amides is 1. The molecular formula is C25H42INO7. The molecule has 0 radical (unpaired) electrons. The van der Waals surface area contributed by atoms with Crippen LogP contribution in [0.2, 0.25) is 0 Å². The minimum absolute atomic E-state index is 0.215. The third kappa shape index (κ3) is 6.56. The van der Waals surface area contributed by atoms with Crippen LogP contribution in [-0.2, 0) is 28.4 Å². The van der Waals surface area contributed by atoms with Crippen molar-refractivity contribution in [3.63, 3.8) is 0 Å². The SMILES string of the molecule is CC(C)[C@@H]1CC[C@@H](C)C[C@H]1OC(I)CCCCO[C@@H]1O[C@@H]2COC(C)(C)O[C@H]2[C@@H]2OC(=O)N[C@H]12. The maximum atomic E-state index is 11.9. The van der Waals surface area contributed by atoms with Crippen molar-refractivity contribution in [3.8, 4) is 0 Å². The van der Waals surface area contributed by atoms with Crippen molar-refractivity contribution < 1.29 is 33.2 Å². The standard InChI is InChI=1S/C25H42INO7/c1-14(2)16-10-9-15(3)12-17(16)31-19(26)8-6-7-11-29-23-20-22(33-24(28)27-20)21-18(32-23)13-30-25(4,5)34-21/h14-23H,6-13H2,1-5H3,(H,27,28)/t15-,16+,17-,18-,19?,20+,21-,22-,23-/m1/s1. The highest BCUT2D eigenvalue weighted by Crippen LogP contribution is 2.38. The Kier molecular flexibility index (Phi) is 9.05. The van der Waals surface area contributed by atoms with E-state index in [1.807, 2.05) is 13.8 Å². The number of hydrogen-bond acceptors (Lipinski definition) is 7. The molecule has 1 unspecified atom stereocenters. The summed E-state index contributed by atoms with van der Waals surface area (Å²) in [5.41, 5.74) is 0. The summed E-state index contributed by atoms with van der Waals surface area (Å²) in [7, 11) is 0. The zero-order chi connectivity index (χ0) is 24.5. The van der Waals surface area contributed by atoms with Crippen LogP contribution >= 0.6 is 22.6 Å². The second kappa shape index (κ2) is 11.5. The van der Waals surface area contributed by atoms with Gasteiger partial charge in [0.05, 0.1) is 12.7 Å². The summed E-state index contributed by atoms with van der Waals surface area (Å²) in [6.45, 7) is 11.6. The van der Waals surface area contributed by atoms with Gasteiger partial charge in [0.1, 0.15) is 22.4 Å². The number of ether oxygens (including phenoxy) is 6. The van der Waals surface area contributed by atoms with Crippen molar-refractivity contribution in [1.29, 1.82) is 0 Å². The van der Waals surface area contributed by atoms with E-state index in [1.165, 1.54) is 19.3 Å². The summed E-state index contributed by atoms with van der Waals surface area (Å²) >= 11 is 2.45. The highest BCUT2D eigenvalue weighted by molar-refractivity contribution is 14.1. The summed E-state index contributed by atoms with van der Waals surface area (Å²) in [6.07, 6.45) is 4.88. The van der Waals surface area contributed by atoms with Crippen molar-refractivity contribution in [2.45, 2.75) is 120 Å². The second-order valence-corrected chi connectivity index (χ2v) is 12.5. The summed E-state index contributed by atoms with van der Waals surface area (Å²) in [5, 5.41) is 2.83. The number of carbonyl (C=O) groups is 1. The number of nitrogens with one attached hydrogen (secondary N) is 1. The summed E-state index contributed by atoms with van der Waals surface area (Å²) in [6, 6.07) is -0.385. The van der Waals surface area contributed by atoms with E-state index in [0.29, 0.717) is 31.2 Å². The minimum Gasteiger partial charge on any atom is -0.441 e. The lowest BCUT2D eigenvalue weighted by Gasteiger charge is -2.48. The molecule has 3 aliphatic heterocycles. The first kappa shape index (κ1) is 26.9. The van der Waals surface area contributed by atoms with Crippen molar-refractivity contribution in [2.75, 3.05) is 13.2 Å². The zero-order valence-corrected chi connectivity index (χ0v) is 23.3. The first-order valence-electron chi connectivity index (χ1n) is 13.0. The van der Waals surface area contributed by atoms with Crippen LogP contribution in [0, 0.1) is 17.8 Å². The monoisotopic (exact) mass is 595 g/mol. The third-order valence-corrected chi connectivity index (χ3v) is 8.50. The molecule has 1 aliphatic carbocycles. The van der Waals surface area contributed by atoms with Gasteiger partial charge in [-0.15, -0.1) is 0 Å². The van der Waals surface area contributed by atoms with Crippen LogP contribution in [0.4, 0.5) is 4.79 Å². The van der Waals surface area contributed by atoms with Crippen LogP contribution in [-0.4, -0.2) is 66.0 Å². The van der Waals surface area contributed by atoms with E-state index in [4.69, 9.17) is 28.4 Å². The Hall–Kier alpha value is -0.200. The van der Waals surface area contributed by atoms with E-state index in [9.17, 15) is 4.79 Å². The van der Waals surface area contributed by atoms with Crippen molar-refractivity contribution in [2.24, 2.45) is 17.8 Å². The molecule has 1 saturated carbocycles. The number of hydrogen-bond donors (Lipinski definition) is 1. The molecule has 0 aromatic heterocycles.